The predicted molar refractivity (Wildman–Crippen MR) is 94.4 cm³/mol. The van der Waals surface area contributed by atoms with Gasteiger partial charge in [0.05, 0.1) is 11.6 Å². The Hall–Kier alpha value is -2.21. The number of hydrogen-bond donors (Lipinski definition) is 1. The molecule has 2 aromatic rings. The molecule has 1 heterocycles. The largest absolute Gasteiger partial charge is 0.326 e. The highest BCUT2D eigenvalue weighted by Crippen LogP contribution is 2.28. The van der Waals surface area contributed by atoms with Crippen LogP contribution in [0.4, 0.5) is 15.8 Å². The maximum atomic E-state index is 13.9. The fourth-order valence-electron chi connectivity index (χ4n) is 2.75. The Morgan fingerprint density at radius 3 is 2.75 bits per heavy atom. The number of nitrogens with one attached hydrogen (secondary N) is 1. The second kappa shape index (κ2) is 6.73. The van der Waals surface area contributed by atoms with Gasteiger partial charge in [-0.3, -0.25) is 9.59 Å². The van der Waals surface area contributed by atoms with Gasteiger partial charge in [-0.25, -0.2) is 4.39 Å². The summed E-state index contributed by atoms with van der Waals surface area (Å²) < 4.78 is 14.8. The molecule has 1 fully saturated rings. The Balaban J connectivity index is 1.72. The number of aryl methyl sites for hydroxylation is 1. The van der Waals surface area contributed by atoms with Crippen LogP contribution in [-0.2, 0) is 9.59 Å². The summed E-state index contributed by atoms with van der Waals surface area (Å²) in [5.74, 6) is -1.44. The van der Waals surface area contributed by atoms with E-state index in [0.717, 1.165) is 10.0 Å². The number of rotatable bonds is 3. The topological polar surface area (TPSA) is 49.4 Å². The SMILES string of the molecule is Cc1cc(NC(=O)[C@H]2CC(=O)N(c3ccccc3F)C2)ccc1Br. The summed E-state index contributed by atoms with van der Waals surface area (Å²) in [6.45, 7) is 2.11. The monoisotopic (exact) mass is 390 g/mol. The zero-order valence-corrected chi connectivity index (χ0v) is 14.6. The van der Waals surface area contributed by atoms with Gasteiger partial charge < -0.3 is 10.2 Å². The Morgan fingerprint density at radius 2 is 2.04 bits per heavy atom. The molecule has 3 rings (SSSR count). The molecule has 2 amide bonds. The standard InChI is InChI=1S/C18H16BrFN2O2/c1-11-8-13(6-7-14(11)19)21-18(24)12-9-17(23)22(10-12)16-5-3-2-4-15(16)20/h2-8,12H,9-10H2,1H3,(H,21,24)/t12-/m0/s1. The number of amides is 2. The fraction of sp³-hybridized carbons (Fsp3) is 0.222. The third-order valence-electron chi connectivity index (χ3n) is 4.06. The van der Waals surface area contributed by atoms with Crippen molar-refractivity contribution in [2.75, 3.05) is 16.8 Å². The number of anilines is 2. The first-order valence-corrected chi connectivity index (χ1v) is 8.37. The summed E-state index contributed by atoms with van der Waals surface area (Å²) >= 11 is 3.41. The summed E-state index contributed by atoms with van der Waals surface area (Å²) in [7, 11) is 0. The number of carbonyl (C=O) groups is 2. The van der Waals surface area contributed by atoms with Crippen molar-refractivity contribution in [3.63, 3.8) is 0 Å². The van der Waals surface area contributed by atoms with Gasteiger partial charge in [0.15, 0.2) is 0 Å². The molecule has 2 aromatic carbocycles. The molecule has 1 atom stereocenters. The second-order valence-corrected chi connectivity index (χ2v) is 6.66. The first-order valence-electron chi connectivity index (χ1n) is 7.57. The maximum Gasteiger partial charge on any atom is 0.229 e. The van der Waals surface area contributed by atoms with Crippen molar-refractivity contribution in [1.82, 2.24) is 0 Å². The van der Waals surface area contributed by atoms with E-state index in [1.165, 1.54) is 11.0 Å². The molecule has 24 heavy (non-hydrogen) atoms. The third-order valence-corrected chi connectivity index (χ3v) is 4.95. The zero-order chi connectivity index (χ0) is 17.3. The molecule has 124 valence electrons. The minimum absolute atomic E-state index is 0.0790. The van der Waals surface area contributed by atoms with Crippen molar-refractivity contribution < 1.29 is 14.0 Å². The summed E-state index contributed by atoms with van der Waals surface area (Å²) in [6.07, 6.45) is 0.0790. The molecule has 0 unspecified atom stereocenters. The van der Waals surface area contributed by atoms with Crippen LogP contribution >= 0.6 is 15.9 Å². The number of benzene rings is 2. The third kappa shape index (κ3) is 3.33. The Bertz CT molecular complexity index is 809. The van der Waals surface area contributed by atoms with Crippen molar-refractivity contribution in [2.24, 2.45) is 5.92 Å². The maximum absolute atomic E-state index is 13.9. The first-order chi connectivity index (χ1) is 11.5. The van der Waals surface area contributed by atoms with Gasteiger partial charge in [0.25, 0.3) is 0 Å². The minimum Gasteiger partial charge on any atom is -0.326 e. The first kappa shape index (κ1) is 16.6. The molecule has 1 N–H and O–H groups in total. The predicted octanol–water partition coefficient (Wildman–Crippen LogP) is 3.89. The fourth-order valence-corrected chi connectivity index (χ4v) is 3.00. The highest BCUT2D eigenvalue weighted by atomic mass is 79.9. The van der Waals surface area contributed by atoms with Crippen LogP contribution in [0.1, 0.15) is 12.0 Å². The second-order valence-electron chi connectivity index (χ2n) is 5.81. The Kier molecular flexibility index (Phi) is 4.66. The van der Waals surface area contributed by atoms with Crippen LogP contribution in [-0.4, -0.2) is 18.4 Å². The summed E-state index contributed by atoms with van der Waals surface area (Å²) in [5.41, 5.74) is 1.90. The number of carbonyl (C=O) groups excluding carboxylic acids is 2. The van der Waals surface area contributed by atoms with Crippen molar-refractivity contribution >= 4 is 39.1 Å². The molecule has 0 aliphatic carbocycles. The molecule has 0 aromatic heterocycles. The lowest BCUT2D eigenvalue weighted by molar-refractivity contribution is -0.122. The number of para-hydroxylation sites is 1. The lowest BCUT2D eigenvalue weighted by Gasteiger charge is -2.17. The number of nitrogens with zero attached hydrogens (tertiary/aromatic N) is 1. The average molecular weight is 391 g/mol. The average Bonchev–Trinajstić information content (AvgIpc) is 2.93. The van der Waals surface area contributed by atoms with Crippen LogP contribution in [0.15, 0.2) is 46.9 Å². The van der Waals surface area contributed by atoms with Crippen molar-refractivity contribution in [1.29, 1.82) is 0 Å². The lowest BCUT2D eigenvalue weighted by atomic mass is 10.1. The normalized spacial score (nSPS) is 17.2. The van der Waals surface area contributed by atoms with Gasteiger partial charge in [-0.2, -0.15) is 0 Å². The van der Waals surface area contributed by atoms with Gasteiger partial charge in [-0.05, 0) is 42.8 Å². The van der Waals surface area contributed by atoms with E-state index >= 15 is 0 Å². The molecule has 0 spiro atoms. The van der Waals surface area contributed by atoms with E-state index < -0.39 is 11.7 Å². The molecule has 4 nitrogen and oxygen atoms in total. The van der Waals surface area contributed by atoms with E-state index in [9.17, 15) is 14.0 Å². The van der Waals surface area contributed by atoms with Crippen LogP contribution in [0.25, 0.3) is 0 Å². The molecular weight excluding hydrogens is 375 g/mol. The quantitative estimate of drug-likeness (QED) is 0.863. The summed E-state index contributed by atoms with van der Waals surface area (Å²) in [6, 6.07) is 11.6. The Labute approximate surface area is 147 Å². The van der Waals surface area contributed by atoms with E-state index in [4.69, 9.17) is 0 Å². The molecule has 0 radical (unpaired) electrons. The van der Waals surface area contributed by atoms with Crippen LogP contribution in [0.2, 0.25) is 0 Å². The van der Waals surface area contributed by atoms with Crippen LogP contribution in [0.3, 0.4) is 0 Å². The Morgan fingerprint density at radius 1 is 1.29 bits per heavy atom. The van der Waals surface area contributed by atoms with Gasteiger partial charge in [0.1, 0.15) is 5.82 Å². The van der Waals surface area contributed by atoms with Crippen LogP contribution in [0.5, 0.6) is 0 Å². The molecule has 1 aliphatic heterocycles. The van der Waals surface area contributed by atoms with E-state index in [2.05, 4.69) is 21.2 Å². The summed E-state index contributed by atoms with van der Waals surface area (Å²) in [4.78, 5) is 25.9. The smallest absolute Gasteiger partial charge is 0.229 e. The molecule has 6 heteroatoms. The van der Waals surface area contributed by atoms with Crippen LogP contribution in [0, 0.1) is 18.7 Å². The van der Waals surface area contributed by atoms with Crippen molar-refractivity contribution in [2.45, 2.75) is 13.3 Å². The van der Waals surface area contributed by atoms with Gasteiger partial charge in [-0.15, -0.1) is 0 Å². The van der Waals surface area contributed by atoms with E-state index in [0.29, 0.717) is 5.69 Å². The van der Waals surface area contributed by atoms with Gasteiger partial charge >= 0.3 is 0 Å². The highest BCUT2D eigenvalue weighted by molar-refractivity contribution is 9.10. The number of halogens is 2. The van der Waals surface area contributed by atoms with Gasteiger partial charge in [-0.1, -0.05) is 28.1 Å². The molecular formula is C18H16BrFN2O2. The van der Waals surface area contributed by atoms with Gasteiger partial charge in [0, 0.05) is 23.1 Å². The van der Waals surface area contributed by atoms with Crippen LogP contribution < -0.4 is 10.2 Å². The van der Waals surface area contributed by atoms with Crippen molar-refractivity contribution in [3.05, 3.63) is 58.3 Å². The highest BCUT2D eigenvalue weighted by Gasteiger charge is 2.36. The molecule has 0 bridgehead atoms. The lowest BCUT2D eigenvalue weighted by Crippen LogP contribution is -2.28. The van der Waals surface area contributed by atoms with Gasteiger partial charge in [0.2, 0.25) is 11.8 Å². The van der Waals surface area contributed by atoms with E-state index in [1.807, 2.05) is 19.1 Å². The summed E-state index contributed by atoms with van der Waals surface area (Å²) in [5, 5.41) is 2.83. The molecule has 1 saturated heterocycles. The minimum atomic E-state index is -0.499. The number of hydrogen-bond acceptors (Lipinski definition) is 2. The van der Waals surface area contributed by atoms with E-state index in [-0.39, 0.29) is 30.5 Å². The molecule has 1 aliphatic rings. The van der Waals surface area contributed by atoms with E-state index in [1.54, 1.807) is 24.3 Å². The zero-order valence-electron chi connectivity index (χ0n) is 13.1. The molecule has 0 saturated carbocycles. The van der Waals surface area contributed by atoms with Crippen molar-refractivity contribution in [3.8, 4) is 0 Å².